The molecule has 150 valence electrons. The molecule has 0 saturated heterocycles. The highest BCUT2D eigenvalue weighted by Crippen LogP contribution is 2.33. The molecule has 0 radical (unpaired) electrons. The Kier molecular flexibility index (Phi) is 8.58. The molecule has 0 atom stereocenters. The van der Waals surface area contributed by atoms with E-state index in [-0.39, 0.29) is 18.3 Å². The van der Waals surface area contributed by atoms with E-state index in [4.69, 9.17) is 11.6 Å². The molecule has 0 spiro atoms. The summed E-state index contributed by atoms with van der Waals surface area (Å²) in [5, 5.41) is 1.29. The summed E-state index contributed by atoms with van der Waals surface area (Å²) in [6.07, 6.45) is 0. The van der Waals surface area contributed by atoms with E-state index in [0.29, 0.717) is 22.3 Å². The number of benzene rings is 2. The summed E-state index contributed by atoms with van der Waals surface area (Å²) in [5.41, 5.74) is 1.41. The van der Waals surface area contributed by atoms with Gasteiger partial charge in [-0.05, 0) is 56.2 Å². The molecule has 1 heterocycles. The number of likely N-dealkylation sites (N-methyl/N-ethyl adjacent to an activating group) is 1. The summed E-state index contributed by atoms with van der Waals surface area (Å²) < 4.78 is 0.981. The van der Waals surface area contributed by atoms with E-state index in [0.717, 1.165) is 22.5 Å². The Labute approximate surface area is 185 Å². The average Bonchev–Trinajstić information content (AvgIpc) is 3.08. The summed E-state index contributed by atoms with van der Waals surface area (Å²) in [5.74, 6) is 0.967. The van der Waals surface area contributed by atoms with Crippen molar-refractivity contribution in [3.8, 4) is 0 Å². The maximum absolute atomic E-state index is 13.2. The van der Waals surface area contributed by atoms with E-state index < -0.39 is 0 Å². The van der Waals surface area contributed by atoms with Gasteiger partial charge in [-0.25, -0.2) is 4.98 Å². The van der Waals surface area contributed by atoms with Crippen LogP contribution < -0.4 is 4.90 Å². The van der Waals surface area contributed by atoms with Gasteiger partial charge in [-0.2, -0.15) is 0 Å². The number of thiazole rings is 1. The van der Waals surface area contributed by atoms with E-state index in [9.17, 15) is 4.79 Å². The zero-order chi connectivity index (χ0) is 19.4. The molecule has 1 amide bonds. The maximum Gasteiger partial charge on any atom is 0.260 e. The number of thioether (sulfide) groups is 1. The van der Waals surface area contributed by atoms with E-state index in [1.807, 2.05) is 56.6 Å². The van der Waals surface area contributed by atoms with Crippen LogP contribution in [0.4, 0.5) is 5.13 Å². The number of amides is 1. The van der Waals surface area contributed by atoms with Crippen molar-refractivity contribution in [1.29, 1.82) is 0 Å². The first-order chi connectivity index (χ1) is 13.0. The number of carbonyl (C=O) groups is 1. The van der Waals surface area contributed by atoms with Gasteiger partial charge >= 0.3 is 0 Å². The molecule has 0 saturated carbocycles. The number of rotatable bonds is 7. The van der Waals surface area contributed by atoms with Crippen LogP contribution in [0.25, 0.3) is 10.2 Å². The summed E-state index contributed by atoms with van der Waals surface area (Å²) in [6, 6.07) is 13.5. The Morgan fingerprint density at radius 3 is 2.46 bits per heavy atom. The van der Waals surface area contributed by atoms with Crippen molar-refractivity contribution in [1.82, 2.24) is 9.88 Å². The van der Waals surface area contributed by atoms with Crippen molar-refractivity contribution in [3.05, 3.63) is 53.1 Å². The van der Waals surface area contributed by atoms with Gasteiger partial charge in [0.2, 0.25) is 0 Å². The minimum absolute atomic E-state index is 0. The zero-order valence-electron chi connectivity index (χ0n) is 16.0. The lowest BCUT2D eigenvalue weighted by Gasteiger charge is -2.22. The molecule has 3 aromatic rings. The van der Waals surface area contributed by atoms with Crippen LogP contribution in [-0.2, 0) is 0 Å². The molecular weight excluding hydrogens is 433 g/mol. The lowest BCUT2D eigenvalue weighted by atomic mass is 10.2. The van der Waals surface area contributed by atoms with Crippen LogP contribution >= 0.6 is 47.1 Å². The largest absolute Gasteiger partial charge is 0.308 e. The van der Waals surface area contributed by atoms with Crippen molar-refractivity contribution < 1.29 is 4.79 Å². The standard InChI is InChI=1S/C20H22ClN3OS2.ClH/c1-4-26-15-10-8-14(9-11-15)19(25)24(13-12-23(2)3)20-22-18-16(21)6-5-7-17(18)27-20;/h5-11H,4,12-13H2,1-3H3;1H. The van der Waals surface area contributed by atoms with E-state index in [1.54, 1.807) is 16.7 Å². The highest BCUT2D eigenvalue weighted by atomic mass is 35.5. The van der Waals surface area contributed by atoms with E-state index >= 15 is 0 Å². The summed E-state index contributed by atoms with van der Waals surface area (Å²) in [6.45, 7) is 3.43. The molecule has 0 aliphatic rings. The van der Waals surface area contributed by atoms with Crippen LogP contribution in [0.2, 0.25) is 5.02 Å². The van der Waals surface area contributed by atoms with Gasteiger partial charge in [0.25, 0.3) is 5.91 Å². The fraction of sp³-hybridized carbons (Fsp3) is 0.300. The summed E-state index contributed by atoms with van der Waals surface area (Å²) in [4.78, 5) is 22.9. The molecule has 0 unspecified atom stereocenters. The Morgan fingerprint density at radius 1 is 1.14 bits per heavy atom. The molecule has 4 nitrogen and oxygen atoms in total. The second-order valence-corrected chi connectivity index (χ2v) is 9.05. The van der Waals surface area contributed by atoms with Crippen LogP contribution in [0, 0.1) is 0 Å². The number of carbonyl (C=O) groups excluding carboxylic acids is 1. The first-order valence-electron chi connectivity index (χ1n) is 8.74. The minimum atomic E-state index is -0.0416. The number of nitrogens with zero attached hydrogens (tertiary/aromatic N) is 3. The number of fused-ring (bicyclic) bond motifs is 1. The lowest BCUT2D eigenvalue weighted by Crippen LogP contribution is -2.36. The number of hydrogen-bond acceptors (Lipinski definition) is 5. The van der Waals surface area contributed by atoms with Crippen LogP contribution in [0.15, 0.2) is 47.4 Å². The molecule has 28 heavy (non-hydrogen) atoms. The van der Waals surface area contributed by atoms with Crippen molar-refractivity contribution >= 4 is 68.4 Å². The number of halogens is 2. The molecule has 0 bridgehead atoms. The van der Waals surface area contributed by atoms with Crippen molar-refractivity contribution in [2.24, 2.45) is 0 Å². The third-order valence-corrected chi connectivity index (χ3v) is 6.26. The van der Waals surface area contributed by atoms with Gasteiger partial charge in [-0.3, -0.25) is 9.69 Å². The molecule has 1 aromatic heterocycles. The highest BCUT2D eigenvalue weighted by Gasteiger charge is 2.22. The van der Waals surface area contributed by atoms with Gasteiger partial charge in [0.05, 0.1) is 9.72 Å². The topological polar surface area (TPSA) is 36.4 Å². The SMILES string of the molecule is CCSc1ccc(C(=O)N(CCN(C)C)c2nc3c(Cl)cccc3s2)cc1.Cl. The number of aromatic nitrogens is 1. The molecule has 8 heteroatoms. The van der Waals surface area contributed by atoms with Gasteiger partial charge in [0.1, 0.15) is 5.52 Å². The van der Waals surface area contributed by atoms with Crippen LogP contribution in [0.1, 0.15) is 17.3 Å². The summed E-state index contributed by atoms with van der Waals surface area (Å²) >= 11 is 9.53. The average molecular weight is 456 g/mol. The molecule has 0 aliphatic heterocycles. The van der Waals surface area contributed by atoms with E-state index in [2.05, 4.69) is 16.8 Å². The third kappa shape index (κ3) is 5.39. The van der Waals surface area contributed by atoms with Crippen LogP contribution in [0.3, 0.4) is 0 Å². The number of hydrogen-bond donors (Lipinski definition) is 0. The predicted molar refractivity (Wildman–Crippen MR) is 125 cm³/mol. The molecule has 0 N–H and O–H groups in total. The fourth-order valence-electron chi connectivity index (χ4n) is 2.62. The molecule has 0 aliphatic carbocycles. The Morgan fingerprint density at radius 2 is 1.86 bits per heavy atom. The monoisotopic (exact) mass is 455 g/mol. The van der Waals surface area contributed by atoms with Gasteiger partial charge in [-0.1, -0.05) is 35.9 Å². The molecule has 2 aromatic carbocycles. The van der Waals surface area contributed by atoms with Crippen molar-refractivity contribution in [2.75, 3.05) is 37.8 Å². The number of anilines is 1. The predicted octanol–water partition coefficient (Wildman–Crippen LogP) is 5.69. The van der Waals surface area contributed by atoms with Gasteiger partial charge in [-0.15, -0.1) is 24.2 Å². The fourth-order valence-corrected chi connectivity index (χ4v) is 4.57. The van der Waals surface area contributed by atoms with Gasteiger partial charge < -0.3 is 4.90 Å². The molecule has 0 fully saturated rings. The quantitative estimate of drug-likeness (QED) is 0.428. The Hall–Kier alpha value is -1.31. The van der Waals surface area contributed by atoms with Crippen LogP contribution in [0.5, 0.6) is 0 Å². The Balaban J connectivity index is 0.00000280. The molecular formula is C20H23Cl2N3OS2. The highest BCUT2D eigenvalue weighted by molar-refractivity contribution is 7.99. The second kappa shape index (κ2) is 10.5. The van der Waals surface area contributed by atoms with Gasteiger partial charge in [0, 0.05) is 23.5 Å². The minimum Gasteiger partial charge on any atom is -0.308 e. The zero-order valence-corrected chi connectivity index (χ0v) is 19.2. The lowest BCUT2D eigenvalue weighted by molar-refractivity contribution is 0.0985. The van der Waals surface area contributed by atoms with Gasteiger partial charge in [0.15, 0.2) is 5.13 Å². The third-order valence-electron chi connectivity index (χ3n) is 4.02. The van der Waals surface area contributed by atoms with Crippen molar-refractivity contribution in [2.45, 2.75) is 11.8 Å². The Bertz CT molecular complexity index is 929. The second-order valence-electron chi connectivity index (χ2n) is 6.30. The first kappa shape index (κ1) is 23.0. The van der Waals surface area contributed by atoms with Crippen molar-refractivity contribution in [3.63, 3.8) is 0 Å². The maximum atomic E-state index is 13.2. The number of para-hydroxylation sites is 1. The van der Waals surface area contributed by atoms with Crippen LogP contribution in [-0.4, -0.2) is 48.7 Å². The first-order valence-corrected chi connectivity index (χ1v) is 10.9. The summed E-state index contributed by atoms with van der Waals surface area (Å²) in [7, 11) is 3.99. The van der Waals surface area contributed by atoms with E-state index in [1.165, 1.54) is 16.2 Å². The molecule has 3 rings (SSSR count). The normalized spacial score (nSPS) is 10.9. The smallest absolute Gasteiger partial charge is 0.260 e.